The fourth-order valence-corrected chi connectivity index (χ4v) is 5.53. The smallest absolute Gasteiger partial charge is 0.397 e. The zero-order chi connectivity index (χ0) is 29.5. The van der Waals surface area contributed by atoms with Crippen molar-refractivity contribution in [1.29, 1.82) is 0 Å². The Labute approximate surface area is 244 Å². The third-order valence-electron chi connectivity index (χ3n) is 7.79. The Kier molecular flexibility index (Phi) is 9.21. The highest BCUT2D eigenvalue weighted by molar-refractivity contribution is 5.80. The first-order valence-electron chi connectivity index (χ1n) is 14.7. The standard InChI is InChI=1S/C32H38N6O4/c1-2-3-7-19-37(29-27(33)16-20-38(31(29)40)22-28(39)36-17-8-4-9-18-36)21-23-12-14-24(15-13-23)25-10-5-6-11-26(25)30-34-32(41)42-35-30/h5-6,10-16,20H,2-4,7-9,17-19,21-22,33H2,1H3,(H,34,35,41). The summed E-state index contributed by atoms with van der Waals surface area (Å²) in [6.45, 7) is 4.81. The van der Waals surface area contributed by atoms with Gasteiger partial charge in [-0.2, -0.15) is 0 Å². The maximum atomic E-state index is 13.7. The Morgan fingerprint density at radius 3 is 2.43 bits per heavy atom. The molecule has 220 valence electrons. The van der Waals surface area contributed by atoms with Crippen LogP contribution in [0.25, 0.3) is 22.5 Å². The van der Waals surface area contributed by atoms with Gasteiger partial charge in [0.25, 0.3) is 5.56 Å². The molecule has 0 unspecified atom stereocenters. The number of benzene rings is 2. The van der Waals surface area contributed by atoms with Crippen molar-refractivity contribution in [2.24, 2.45) is 0 Å². The van der Waals surface area contributed by atoms with Crippen LogP contribution >= 0.6 is 0 Å². The van der Waals surface area contributed by atoms with E-state index < -0.39 is 5.76 Å². The highest BCUT2D eigenvalue weighted by atomic mass is 16.5. The molecule has 1 aliphatic heterocycles. The second-order valence-corrected chi connectivity index (χ2v) is 10.8. The van der Waals surface area contributed by atoms with Crippen LogP contribution in [0.3, 0.4) is 0 Å². The number of H-pyrrole nitrogens is 1. The fourth-order valence-electron chi connectivity index (χ4n) is 5.53. The predicted octanol–water partition coefficient (Wildman–Crippen LogP) is 4.65. The first-order valence-corrected chi connectivity index (χ1v) is 14.7. The van der Waals surface area contributed by atoms with Gasteiger partial charge in [-0.15, -0.1) is 0 Å². The molecule has 2 aromatic heterocycles. The summed E-state index contributed by atoms with van der Waals surface area (Å²) in [6.07, 6.45) is 7.77. The Hall–Kier alpha value is -4.60. The van der Waals surface area contributed by atoms with Gasteiger partial charge in [-0.3, -0.25) is 19.1 Å². The number of likely N-dealkylation sites (tertiary alicyclic amines) is 1. The molecule has 1 fully saturated rings. The van der Waals surface area contributed by atoms with E-state index in [9.17, 15) is 14.4 Å². The molecule has 3 heterocycles. The lowest BCUT2D eigenvalue weighted by Crippen LogP contribution is -2.40. The average Bonchev–Trinajstić information content (AvgIpc) is 3.45. The SMILES string of the molecule is CCCCCN(Cc1ccc(-c2ccccc2-c2noc(=O)[nH]2)cc1)c1c(N)ccn(CC(=O)N2CCCCC2)c1=O. The van der Waals surface area contributed by atoms with Gasteiger partial charge in [0, 0.05) is 37.9 Å². The van der Waals surface area contributed by atoms with Crippen molar-refractivity contribution in [2.45, 2.75) is 58.5 Å². The lowest BCUT2D eigenvalue weighted by atomic mass is 9.98. The van der Waals surface area contributed by atoms with Gasteiger partial charge in [0.1, 0.15) is 12.2 Å². The summed E-state index contributed by atoms with van der Waals surface area (Å²) >= 11 is 0. The molecule has 0 aliphatic carbocycles. The number of aromatic nitrogens is 3. The molecule has 3 N–H and O–H groups in total. The molecule has 2 aromatic carbocycles. The van der Waals surface area contributed by atoms with E-state index in [1.54, 1.807) is 12.3 Å². The summed E-state index contributed by atoms with van der Waals surface area (Å²) in [7, 11) is 0. The second kappa shape index (κ2) is 13.4. The van der Waals surface area contributed by atoms with Crippen molar-refractivity contribution in [1.82, 2.24) is 19.6 Å². The van der Waals surface area contributed by atoms with Crippen LogP contribution in [0, 0.1) is 0 Å². The van der Waals surface area contributed by atoms with Gasteiger partial charge in [0.05, 0.1) is 5.69 Å². The highest BCUT2D eigenvalue weighted by Crippen LogP contribution is 2.30. The summed E-state index contributed by atoms with van der Waals surface area (Å²) in [5.41, 5.74) is 10.6. The van der Waals surface area contributed by atoms with E-state index in [1.165, 1.54) is 4.57 Å². The predicted molar refractivity (Wildman–Crippen MR) is 164 cm³/mol. The first-order chi connectivity index (χ1) is 20.4. The van der Waals surface area contributed by atoms with Crippen LogP contribution in [-0.4, -0.2) is 45.1 Å². The van der Waals surface area contributed by atoms with E-state index in [2.05, 4.69) is 17.1 Å². The van der Waals surface area contributed by atoms with Gasteiger partial charge < -0.3 is 20.1 Å². The number of unbranched alkanes of at least 4 members (excludes halogenated alkanes) is 2. The number of hydrogen-bond donors (Lipinski definition) is 2. The largest absolute Gasteiger partial charge is 0.439 e. The van der Waals surface area contributed by atoms with Gasteiger partial charge in [0.15, 0.2) is 5.82 Å². The molecule has 0 atom stereocenters. The lowest BCUT2D eigenvalue weighted by Gasteiger charge is -2.28. The quantitative estimate of drug-likeness (QED) is 0.251. The molecule has 1 aliphatic rings. The van der Waals surface area contributed by atoms with Crippen molar-refractivity contribution >= 4 is 17.3 Å². The molecular weight excluding hydrogens is 532 g/mol. The number of piperidine rings is 1. The van der Waals surface area contributed by atoms with Crippen LogP contribution < -0.4 is 21.9 Å². The van der Waals surface area contributed by atoms with E-state index in [4.69, 9.17) is 10.3 Å². The number of carbonyl (C=O) groups is 1. The van der Waals surface area contributed by atoms with Crippen LogP contribution in [0.1, 0.15) is 51.0 Å². The Balaban J connectivity index is 1.40. The maximum absolute atomic E-state index is 13.7. The van der Waals surface area contributed by atoms with Crippen LogP contribution in [-0.2, 0) is 17.9 Å². The lowest BCUT2D eigenvalue weighted by molar-refractivity contribution is -0.132. The van der Waals surface area contributed by atoms with Crippen molar-refractivity contribution in [3.63, 3.8) is 0 Å². The molecule has 10 heteroatoms. The topological polar surface area (TPSA) is 130 Å². The average molecular weight is 571 g/mol. The number of nitrogens with two attached hydrogens (primary N) is 1. The molecule has 1 amide bonds. The number of nitrogen functional groups attached to an aromatic ring is 1. The number of nitrogens with zero attached hydrogens (tertiary/aromatic N) is 4. The molecule has 5 rings (SSSR count). The Bertz CT molecular complexity index is 1610. The van der Waals surface area contributed by atoms with Gasteiger partial charge in [0.2, 0.25) is 5.91 Å². The van der Waals surface area contributed by atoms with Crippen molar-refractivity contribution in [3.05, 3.63) is 87.3 Å². The third kappa shape index (κ3) is 6.64. The van der Waals surface area contributed by atoms with Crippen molar-refractivity contribution in [2.75, 3.05) is 30.3 Å². The Morgan fingerprint density at radius 2 is 1.74 bits per heavy atom. The normalized spacial score (nSPS) is 13.3. The molecule has 4 aromatic rings. The van der Waals surface area contributed by atoms with Crippen LogP contribution in [0.4, 0.5) is 11.4 Å². The number of hydrogen-bond acceptors (Lipinski definition) is 7. The molecular formula is C32H38N6O4. The summed E-state index contributed by atoms with van der Waals surface area (Å²) in [4.78, 5) is 44.7. The van der Waals surface area contributed by atoms with E-state index in [0.717, 1.165) is 73.9 Å². The van der Waals surface area contributed by atoms with Crippen LogP contribution in [0.5, 0.6) is 0 Å². The number of nitrogens with one attached hydrogen (secondary N) is 1. The number of anilines is 2. The molecule has 0 bridgehead atoms. The third-order valence-corrected chi connectivity index (χ3v) is 7.79. The van der Waals surface area contributed by atoms with Crippen LogP contribution in [0.2, 0.25) is 0 Å². The summed E-state index contributed by atoms with van der Waals surface area (Å²) in [5.74, 6) is -0.263. The molecule has 10 nitrogen and oxygen atoms in total. The zero-order valence-corrected chi connectivity index (χ0v) is 24.1. The Morgan fingerprint density at radius 1 is 1.00 bits per heavy atom. The number of amides is 1. The molecule has 1 saturated heterocycles. The van der Waals surface area contributed by atoms with Gasteiger partial charge in [-0.1, -0.05) is 73.5 Å². The number of rotatable bonds is 11. The van der Waals surface area contributed by atoms with E-state index in [-0.39, 0.29) is 18.0 Å². The zero-order valence-electron chi connectivity index (χ0n) is 24.1. The minimum Gasteiger partial charge on any atom is -0.397 e. The number of aromatic amines is 1. The minimum atomic E-state index is -0.603. The van der Waals surface area contributed by atoms with Gasteiger partial charge >= 0.3 is 5.76 Å². The number of carbonyl (C=O) groups excluding carboxylic acids is 1. The molecule has 0 radical (unpaired) electrons. The number of pyridine rings is 1. The van der Waals surface area contributed by atoms with Gasteiger partial charge in [-0.25, -0.2) is 4.79 Å². The minimum absolute atomic E-state index is 0.0137. The summed E-state index contributed by atoms with van der Waals surface area (Å²) in [5, 5.41) is 3.85. The van der Waals surface area contributed by atoms with E-state index in [0.29, 0.717) is 30.3 Å². The summed E-state index contributed by atoms with van der Waals surface area (Å²) < 4.78 is 6.20. The molecule has 42 heavy (non-hydrogen) atoms. The van der Waals surface area contributed by atoms with Gasteiger partial charge in [-0.05, 0) is 48.4 Å². The summed E-state index contributed by atoms with van der Waals surface area (Å²) in [6, 6.07) is 17.5. The van der Waals surface area contributed by atoms with Crippen molar-refractivity contribution < 1.29 is 9.32 Å². The highest BCUT2D eigenvalue weighted by Gasteiger charge is 2.21. The molecule has 0 saturated carbocycles. The second-order valence-electron chi connectivity index (χ2n) is 10.8. The van der Waals surface area contributed by atoms with E-state index >= 15 is 0 Å². The fraction of sp³-hybridized carbons (Fsp3) is 0.375. The van der Waals surface area contributed by atoms with E-state index in [1.807, 2.05) is 58.3 Å². The molecule has 0 spiro atoms. The monoisotopic (exact) mass is 570 g/mol. The maximum Gasteiger partial charge on any atom is 0.439 e. The van der Waals surface area contributed by atoms with Crippen molar-refractivity contribution in [3.8, 4) is 22.5 Å². The van der Waals surface area contributed by atoms with Crippen LogP contribution in [0.15, 0.2) is 74.9 Å². The first kappa shape index (κ1) is 28.9.